The standard InChI is InChI=1S/C15H15N3/c1-10-8-11(2)18-14(9-10)12-5-7-17-15(12)13-4-3-6-16-13/h3-9,16-17H,1-2H3. The molecule has 3 aromatic heterocycles. The summed E-state index contributed by atoms with van der Waals surface area (Å²) in [5.41, 5.74) is 6.58. The average Bonchev–Trinajstić information content (AvgIpc) is 2.98. The number of rotatable bonds is 2. The quantitative estimate of drug-likeness (QED) is 0.701. The Morgan fingerprint density at radius 2 is 1.89 bits per heavy atom. The van der Waals surface area contributed by atoms with Gasteiger partial charge in [0.1, 0.15) is 0 Å². The summed E-state index contributed by atoms with van der Waals surface area (Å²) in [5, 5.41) is 0. The molecule has 0 atom stereocenters. The van der Waals surface area contributed by atoms with Gasteiger partial charge in [-0.15, -0.1) is 0 Å². The van der Waals surface area contributed by atoms with Gasteiger partial charge in [0.2, 0.25) is 0 Å². The lowest BCUT2D eigenvalue weighted by atomic mass is 10.1. The highest BCUT2D eigenvalue weighted by atomic mass is 14.8. The maximum absolute atomic E-state index is 4.61. The van der Waals surface area contributed by atoms with Crippen LogP contribution in [0.25, 0.3) is 22.6 Å². The number of hydrogen-bond acceptors (Lipinski definition) is 1. The Hall–Kier alpha value is -2.29. The molecule has 0 aliphatic rings. The fourth-order valence-corrected chi connectivity index (χ4v) is 2.27. The summed E-state index contributed by atoms with van der Waals surface area (Å²) >= 11 is 0. The normalized spacial score (nSPS) is 10.8. The van der Waals surface area contributed by atoms with Crippen LogP contribution in [0.2, 0.25) is 0 Å². The van der Waals surface area contributed by atoms with Crippen molar-refractivity contribution in [2.45, 2.75) is 13.8 Å². The summed E-state index contributed by atoms with van der Waals surface area (Å²) in [7, 11) is 0. The molecule has 3 nitrogen and oxygen atoms in total. The van der Waals surface area contributed by atoms with Gasteiger partial charge in [-0.1, -0.05) is 0 Å². The monoisotopic (exact) mass is 237 g/mol. The van der Waals surface area contributed by atoms with E-state index in [1.54, 1.807) is 0 Å². The van der Waals surface area contributed by atoms with Gasteiger partial charge in [0.05, 0.1) is 17.1 Å². The highest BCUT2D eigenvalue weighted by molar-refractivity contribution is 5.78. The number of aryl methyl sites for hydroxylation is 2. The van der Waals surface area contributed by atoms with E-state index in [4.69, 9.17) is 0 Å². The zero-order valence-electron chi connectivity index (χ0n) is 10.5. The molecule has 3 heterocycles. The van der Waals surface area contributed by atoms with E-state index in [0.29, 0.717) is 0 Å². The number of pyridine rings is 1. The van der Waals surface area contributed by atoms with Gasteiger partial charge in [0.15, 0.2) is 0 Å². The lowest BCUT2D eigenvalue weighted by Crippen LogP contribution is -1.90. The van der Waals surface area contributed by atoms with Crippen LogP contribution in [0.15, 0.2) is 42.7 Å². The molecule has 0 unspecified atom stereocenters. The molecule has 0 spiro atoms. The van der Waals surface area contributed by atoms with Crippen LogP contribution >= 0.6 is 0 Å². The first-order valence-electron chi connectivity index (χ1n) is 6.01. The summed E-state index contributed by atoms with van der Waals surface area (Å²) in [6.07, 6.45) is 3.87. The SMILES string of the molecule is Cc1cc(C)nc(-c2cc[nH]c2-c2ccc[nH]2)c1. The first-order valence-corrected chi connectivity index (χ1v) is 6.01. The minimum Gasteiger partial charge on any atom is -0.360 e. The van der Waals surface area contributed by atoms with Crippen molar-refractivity contribution in [2.24, 2.45) is 0 Å². The Morgan fingerprint density at radius 3 is 2.61 bits per heavy atom. The minimum absolute atomic E-state index is 1.01. The van der Waals surface area contributed by atoms with E-state index >= 15 is 0 Å². The fraction of sp³-hybridized carbons (Fsp3) is 0.133. The minimum atomic E-state index is 1.01. The highest BCUT2D eigenvalue weighted by Crippen LogP contribution is 2.29. The zero-order valence-corrected chi connectivity index (χ0v) is 10.5. The number of nitrogens with one attached hydrogen (secondary N) is 2. The molecule has 0 aliphatic heterocycles. The molecule has 0 aliphatic carbocycles. The summed E-state index contributed by atoms with van der Waals surface area (Å²) in [4.78, 5) is 11.1. The van der Waals surface area contributed by atoms with Crippen LogP contribution in [0.4, 0.5) is 0 Å². The van der Waals surface area contributed by atoms with Crippen molar-refractivity contribution in [1.29, 1.82) is 0 Å². The smallest absolute Gasteiger partial charge is 0.0730 e. The van der Waals surface area contributed by atoms with Gasteiger partial charge < -0.3 is 9.97 Å². The predicted octanol–water partition coefficient (Wildman–Crippen LogP) is 3.69. The molecule has 3 heteroatoms. The fourth-order valence-electron chi connectivity index (χ4n) is 2.27. The first kappa shape index (κ1) is 10.8. The van der Waals surface area contributed by atoms with E-state index in [1.807, 2.05) is 25.4 Å². The van der Waals surface area contributed by atoms with Crippen LogP contribution in [0.1, 0.15) is 11.3 Å². The third-order valence-corrected chi connectivity index (χ3v) is 2.99. The Kier molecular flexibility index (Phi) is 2.52. The average molecular weight is 237 g/mol. The van der Waals surface area contributed by atoms with Crippen molar-refractivity contribution in [3.05, 3.63) is 54.0 Å². The summed E-state index contributed by atoms with van der Waals surface area (Å²) in [6.45, 7) is 4.12. The van der Waals surface area contributed by atoms with Crippen LogP contribution in [0.5, 0.6) is 0 Å². The van der Waals surface area contributed by atoms with Gasteiger partial charge in [-0.2, -0.15) is 0 Å². The largest absolute Gasteiger partial charge is 0.360 e. The van der Waals surface area contributed by atoms with Crippen molar-refractivity contribution < 1.29 is 0 Å². The van der Waals surface area contributed by atoms with E-state index in [0.717, 1.165) is 28.3 Å². The Bertz CT molecular complexity index is 643. The maximum Gasteiger partial charge on any atom is 0.0730 e. The topological polar surface area (TPSA) is 44.5 Å². The molecule has 0 saturated heterocycles. The van der Waals surface area contributed by atoms with Crippen LogP contribution in [0, 0.1) is 13.8 Å². The third-order valence-electron chi connectivity index (χ3n) is 2.99. The highest BCUT2D eigenvalue weighted by Gasteiger charge is 2.10. The summed E-state index contributed by atoms with van der Waals surface area (Å²) < 4.78 is 0. The van der Waals surface area contributed by atoms with E-state index in [9.17, 15) is 0 Å². The zero-order chi connectivity index (χ0) is 12.5. The molecule has 3 aromatic rings. The maximum atomic E-state index is 4.61. The molecule has 0 amide bonds. The second kappa shape index (κ2) is 4.18. The molecular weight excluding hydrogens is 222 g/mol. The lowest BCUT2D eigenvalue weighted by molar-refractivity contribution is 1.18. The van der Waals surface area contributed by atoms with Crippen LogP contribution in [0.3, 0.4) is 0 Å². The van der Waals surface area contributed by atoms with Gasteiger partial charge >= 0.3 is 0 Å². The first-order chi connectivity index (χ1) is 8.74. The molecule has 0 radical (unpaired) electrons. The van der Waals surface area contributed by atoms with Crippen LogP contribution < -0.4 is 0 Å². The van der Waals surface area contributed by atoms with Crippen molar-refractivity contribution in [3.8, 4) is 22.6 Å². The molecule has 0 fully saturated rings. The summed E-state index contributed by atoms with van der Waals surface area (Å²) in [5.74, 6) is 0. The Morgan fingerprint density at radius 1 is 1.00 bits per heavy atom. The van der Waals surface area contributed by atoms with Crippen LogP contribution in [-0.2, 0) is 0 Å². The second-order valence-electron chi connectivity index (χ2n) is 4.52. The molecule has 18 heavy (non-hydrogen) atoms. The third kappa shape index (κ3) is 1.84. The van der Waals surface area contributed by atoms with Crippen molar-refractivity contribution in [1.82, 2.24) is 15.0 Å². The number of aromatic nitrogens is 3. The van der Waals surface area contributed by atoms with Gasteiger partial charge in [-0.25, -0.2) is 0 Å². The van der Waals surface area contributed by atoms with Crippen molar-refractivity contribution >= 4 is 0 Å². The van der Waals surface area contributed by atoms with E-state index < -0.39 is 0 Å². The van der Waals surface area contributed by atoms with Crippen LogP contribution in [-0.4, -0.2) is 15.0 Å². The number of hydrogen-bond donors (Lipinski definition) is 2. The number of aromatic amines is 2. The molecule has 0 aromatic carbocycles. The van der Waals surface area contributed by atoms with Crippen molar-refractivity contribution in [2.75, 3.05) is 0 Å². The number of H-pyrrole nitrogens is 2. The molecular formula is C15H15N3. The second-order valence-corrected chi connectivity index (χ2v) is 4.52. The molecule has 2 N–H and O–H groups in total. The summed E-state index contributed by atoms with van der Waals surface area (Å²) in [6, 6.07) is 10.3. The number of nitrogens with zero attached hydrogens (tertiary/aromatic N) is 1. The Balaban J connectivity index is 2.15. The van der Waals surface area contributed by atoms with E-state index in [-0.39, 0.29) is 0 Å². The van der Waals surface area contributed by atoms with Gasteiger partial charge in [-0.05, 0) is 49.7 Å². The molecule has 90 valence electrons. The van der Waals surface area contributed by atoms with E-state index in [2.05, 4.69) is 46.1 Å². The molecule has 0 saturated carbocycles. The predicted molar refractivity (Wildman–Crippen MR) is 73.3 cm³/mol. The lowest BCUT2D eigenvalue weighted by Gasteiger charge is -2.05. The van der Waals surface area contributed by atoms with Crippen molar-refractivity contribution in [3.63, 3.8) is 0 Å². The van der Waals surface area contributed by atoms with Gasteiger partial charge in [0, 0.05) is 23.7 Å². The van der Waals surface area contributed by atoms with E-state index in [1.165, 1.54) is 5.56 Å². The molecule has 3 rings (SSSR count). The van der Waals surface area contributed by atoms with Gasteiger partial charge in [0.25, 0.3) is 0 Å². The molecule has 0 bridgehead atoms. The van der Waals surface area contributed by atoms with Gasteiger partial charge in [-0.3, -0.25) is 4.98 Å². The Labute approximate surface area is 106 Å².